The van der Waals surface area contributed by atoms with Crippen LogP contribution in [0.1, 0.15) is 2.85 Å². The Morgan fingerprint density at radius 1 is 1.00 bits per heavy atom. The summed E-state index contributed by atoms with van der Waals surface area (Å²) < 4.78 is 0. The van der Waals surface area contributed by atoms with Crippen LogP contribution in [-0.4, -0.2) is 56.8 Å². The van der Waals surface area contributed by atoms with Crippen LogP contribution in [0.3, 0.4) is 0 Å². The average Bonchev–Trinajstić information content (AvgIpc) is 0.722. The Kier molecular flexibility index (Phi) is 42.8. The Morgan fingerprint density at radius 3 is 1.00 bits per heavy atom. The normalized spacial score (nSPS) is 6.67. The van der Waals surface area contributed by atoms with Gasteiger partial charge in [-0.1, -0.05) is 0 Å². The maximum atomic E-state index is 7.33. The fourth-order valence-corrected chi connectivity index (χ4v) is 0. The van der Waals surface area contributed by atoms with Crippen LogP contribution < -0.4 is 0 Å². The van der Waals surface area contributed by atoms with Crippen molar-refractivity contribution in [1.82, 2.24) is 0 Å². The maximum Gasteiger partial charge on any atom is 2.00 e. The van der Waals surface area contributed by atoms with Gasteiger partial charge in [-0.3, -0.25) is 0 Å². The van der Waals surface area contributed by atoms with E-state index in [-0.39, 0.29) is 65.5 Å². The molecule has 59 valence electrons. The van der Waals surface area contributed by atoms with Crippen LogP contribution in [0.25, 0.3) is 0 Å². The number of hydrogen-bond donors (Lipinski definition) is 4. The summed E-state index contributed by atoms with van der Waals surface area (Å²) in [4.78, 5) is 29.3. The molecule has 0 aliphatic carbocycles. The quantitative estimate of drug-likeness (QED) is 0.333. The molecule has 0 aromatic rings. The maximum absolute atomic E-state index is 7.33. The minimum atomic E-state index is -4.61. The van der Waals surface area contributed by atoms with Gasteiger partial charge in [-0.15, -0.1) is 0 Å². The van der Waals surface area contributed by atoms with Crippen molar-refractivity contribution in [3.05, 3.63) is 0 Å². The van der Waals surface area contributed by atoms with Gasteiger partial charge in [-0.05, 0) is 0 Å². The van der Waals surface area contributed by atoms with Crippen molar-refractivity contribution in [3.63, 3.8) is 0 Å². The minimum absolute atomic E-state index is 0. The third-order valence-corrected chi connectivity index (χ3v) is 0. The second-order valence-corrected chi connectivity index (χ2v) is 1.80. The monoisotopic (exact) mass is 251 g/mol. The fourth-order valence-electron chi connectivity index (χ4n) is 0. The van der Waals surface area contributed by atoms with Gasteiger partial charge in [0.15, 0.2) is 0 Å². The molecule has 0 unspecified atom stereocenters. The third-order valence-electron chi connectivity index (χ3n) is 0. The zero-order valence-electron chi connectivity index (χ0n) is 6.23. The van der Waals surface area contributed by atoms with Gasteiger partial charge in [-0.2, -0.15) is 0 Å². The van der Waals surface area contributed by atoms with Crippen LogP contribution in [-0.2, 0) is 34.1 Å². The van der Waals surface area contributed by atoms with Crippen molar-refractivity contribution in [2.24, 2.45) is 0 Å². The Bertz CT molecular complexity index is 40.0. The molecule has 0 saturated carbocycles. The number of hydrogen-bond acceptors (Lipinski definition) is 4. The van der Waals surface area contributed by atoms with Crippen molar-refractivity contribution in [2.75, 3.05) is 0 Å². The molecule has 0 amide bonds. The summed E-state index contributed by atoms with van der Waals surface area (Å²) in [5.41, 5.74) is 0. The van der Waals surface area contributed by atoms with Crippen molar-refractivity contribution >= 4 is 32.1 Å². The van der Waals surface area contributed by atoms with Gasteiger partial charge in [0.25, 0.3) is 0 Å². The van der Waals surface area contributed by atoms with Crippen molar-refractivity contribution < 1.29 is 61.6 Å². The first kappa shape index (κ1) is 30.8. The van der Waals surface area contributed by atoms with Gasteiger partial charge in [0, 0.05) is 34.1 Å². The predicted molar refractivity (Wildman–Crippen MR) is 26.2 cm³/mol. The molecule has 1 radical (unpaired) electrons. The molecule has 0 aromatic carbocycles. The van der Waals surface area contributed by atoms with E-state index in [2.05, 4.69) is 0 Å². The first-order valence-corrected chi connectivity index (χ1v) is 2.68. The van der Waals surface area contributed by atoms with Gasteiger partial charge < -0.3 is 27.5 Å². The summed E-state index contributed by atoms with van der Waals surface area (Å²) >= 11 is 0. The van der Waals surface area contributed by atoms with E-state index in [0.29, 0.717) is 0 Å². The molecule has 0 rings (SSSR count). The molecular formula is H8FeMgMnO5Si. The number of rotatable bonds is 0. The largest absolute Gasteiger partial charge is 2.00 e. The van der Waals surface area contributed by atoms with Crippen LogP contribution in [0.15, 0.2) is 0 Å². The molecule has 0 spiro atoms. The van der Waals surface area contributed by atoms with Crippen LogP contribution in [0, 0.1) is 0 Å². The second kappa shape index (κ2) is 12.5. The molecule has 0 atom stereocenters. The summed E-state index contributed by atoms with van der Waals surface area (Å²) in [7, 11) is -4.61. The van der Waals surface area contributed by atoms with E-state index in [1.807, 2.05) is 0 Å². The molecule has 9 heteroatoms. The first-order valence-electron chi connectivity index (χ1n) is 0.894. The zero-order valence-corrected chi connectivity index (χ0v) is 8.93. The molecule has 0 aliphatic rings. The van der Waals surface area contributed by atoms with E-state index in [1.165, 1.54) is 0 Å². The molecule has 0 aromatic heterocycles. The Hall–Kier alpha value is 1.82. The summed E-state index contributed by atoms with van der Waals surface area (Å²) in [5, 5.41) is 0. The standard InChI is InChI=1S/Fe.Mg.Mn.H4O4Si.H2O.2H/c;;;1-5(2,3)4;;;/h;;;1-4H;1H2;;/q;+2;;;;2*-1. The first-order chi connectivity index (χ1) is 2.00. The molecular weight excluding hydrogens is 243 g/mol. The Labute approximate surface area is 93.3 Å². The topological polar surface area (TPSA) is 112 Å². The van der Waals surface area contributed by atoms with Crippen molar-refractivity contribution in [3.8, 4) is 0 Å². The van der Waals surface area contributed by atoms with E-state index in [1.54, 1.807) is 0 Å². The Balaban J connectivity index is -0.00000000533. The van der Waals surface area contributed by atoms with Crippen LogP contribution in [0.2, 0.25) is 0 Å². The van der Waals surface area contributed by atoms with Gasteiger partial charge in [0.05, 0.1) is 0 Å². The van der Waals surface area contributed by atoms with Gasteiger partial charge in [-0.25, -0.2) is 0 Å². The average molecular weight is 251 g/mol. The van der Waals surface area contributed by atoms with Gasteiger partial charge in [0.1, 0.15) is 0 Å². The SMILES string of the molecule is O.O[Si](O)(O)O.[Fe].[H-].[H-].[Mg+2].[Mn]. The van der Waals surface area contributed by atoms with E-state index in [9.17, 15) is 0 Å². The molecule has 0 fully saturated rings. The second-order valence-electron chi connectivity index (χ2n) is 0.600. The van der Waals surface area contributed by atoms with E-state index in [4.69, 9.17) is 19.2 Å². The van der Waals surface area contributed by atoms with E-state index < -0.39 is 9.05 Å². The van der Waals surface area contributed by atoms with Gasteiger partial charge >= 0.3 is 32.1 Å². The van der Waals surface area contributed by atoms with Crippen molar-refractivity contribution in [1.29, 1.82) is 0 Å². The summed E-state index contributed by atoms with van der Waals surface area (Å²) in [6, 6.07) is 0. The van der Waals surface area contributed by atoms with Gasteiger partial charge in [0.2, 0.25) is 0 Å². The van der Waals surface area contributed by atoms with Crippen LogP contribution >= 0.6 is 0 Å². The zero-order chi connectivity index (χ0) is 4.50. The van der Waals surface area contributed by atoms with E-state index >= 15 is 0 Å². The molecule has 5 nitrogen and oxygen atoms in total. The molecule has 0 heterocycles. The van der Waals surface area contributed by atoms with Crippen LogP contribution in [0.5, 0.6) is 0 Å². The Morgan fingerprint density at radius 2 is 1.00 bits per heavy atom. The predicted octanol–water partition coefficient (Wildman–Crippen LogP) is -3.59. The third kappa shape index (κ3) is 181. The molecule has 0 bridgehead atoms. The molecule has 9 heavy (non-hydrogen) atoms. The minimum Gasteiger partial charge on any atom is -1.00 e. The summed E-state index contributed by atoms with van der Waals surface area (Å²) in [6.45, 7) is 0. The summed E-state index contributed by atoms with van der Waals surface area (Å²) in [6.07, 6.45) is 0. The molecule has 6 N–H and O–H groups in total. The van der Waals surface area contributed by atoms with Crippen LogP contribution in [0.4, 0.5) is 0 Å². The smallest absolute Gasteiger partial charge is 1.00 e. The summed E-state index contributed by atoms with van der Waals surface area (Å²) in [5.74, 6) is 0. The fraction of sp³-hybridized carbons (Fsp3) is 0. The van der Waals surface area contributed by atoms with E-state index in [0.717, 1.165) is 0 Å². The molecule has 0 saturated heterocycles. The van der Waals surface area contributed by atoms with Crippen molar-refractivity contribution in [2.45, 2.75) is 0 Å². The molecule has 0 aliphatic heterocycles.